The highest BCUT2D eigenvalue weighted by atomic mass is 79.9. The molecule has 0 bridgehead atoms. The number of amides is 1. The number of benzene rings is 1. The van der Waals surface area contributed by atoms with E-state index in [-0.39, 0.29) is 4.47 Å². The maximum Gasteiger partial charge on any atom is 0.416 e. The third kappa shape index (κ3) is 5.49. The molecule has 0 spiro atoms. The molecule has 0 aliphatic carbocycles. The fourth-order valence-corrected chi connectivity index (χ4v) is 2.31. The van der Waals surface area contributed by atoms with E-state index in [1.54, 1.807) is 20.8 Å². The van der Waals surface area contributed by atoms with Crippen LogP contribution in [0.15, 0.2) is 22.7 Å². The van der Waals surface area contributed by atoms with E-state index in [9.17, 15) is 23.1 Å². The van der Waals surface area contributed by atoms with Gasteiger partial charge in [0, 0.05) is 4.47 Å². The molecule has 0 aliphatic rings. The number of ether oxygens (including phenoxy) is 1. The zero-order valence-electron chi connectivity index (χ0n) is 12.3. The summed E-state index contributed by atoms with van der Waals surface area (Å²) < 4.78 is 43.0. The topological polar surface area (TPSA) is 58.6 Å². The minimum atomic E-state index is -4.46. The summed E-state index contributed by atoms with van der Waals surface area (Å²) in [5, 5.41) is 11.8. The molecule has 2 N–H and O–H groups in total. The summed E-state index contributed by atoms with van der Waals surface area (Å²) in [6, 6.07) is 2.10. The normalized spacial score (nSPS) is 13.6. The average molecular weight is 384 g/mol. The lowest BCUT2D eigenvalue weighted by atomic mass is 10.1. The van der Waals surface area contributed by atoms with Crippen molar-refractivity contribution in [3.8, 4) is 0 Å². The molecule has 0 saturated carbocycles. The van der Waals surface area contributed by atoms with Crippen LogP contribution in [-0.4, -0.2) is 23.4 Å². The molecule has 0 heterocycles. The predicted octanol–water partition coefficient (Wildman–Crippen LogP) is 4.03. The summed E-state index contributed by atoms with van der Waals surface area (Å²) in [5.41, 5.74) is -1.22. The molecule has 1 aromatic carbocycles. The molecule has 8 heteroatoms. The second-order valence-electron chi connectivity index (χ2n) is 5.62. The van der Waals surface area contributed by atoms with Crippen molar-refractivity contribution in [1.29, 1.82) is 0 Å². The number of rotatable bonds is 3. The Morgan fingerprint density at radius 3 is 2.36 bits per heavy atom. The van der Waals surface area contributed by atoms with Gasteiger partial charge in [-0.25, -0.2) is 4.79 Å². The zero-order valence-corrected chi connectivity index (χ0v) is 13.9. The third-order valence-corrected chi connectivity index (χ3v) is 3.26. The van der Waals surface area contributed by atoms with E-state index < -0.39 is 36.1 Å². The van der Waals surface area contributed by atoms with Gasteiger partial charge >= 0.3 is 12.3 Å². The van der Waals surface area contributed by atoms with Crippen molar-refractivity contribution in [2.24, 2.45) is 0 Å². The molecule has 0 aliphatic heterocycles. The van der Waals surface area contributed by atoms with Gasteiger partial charge in [-0.05, 0) is 38.5 Å². The van der Waals surface area contributed by atoms with Gasteiger partial charge in [0.25, 0.3) is 0 Å². The van der Waals surface area contributed by atoms with Crippen molar-refractivity contribution < 1.29 is 27.8 Å². The highest BCUT2D eigenvalue weighted by Crippen LogP contribution is 2.33. The molecule has 1 amide bonds. The molecule has 0 unspecified atom stereocenters. The van der Waals surface area contributed by atoms with E-state index in [0.29, 0.717) is 5.56 Å². The number of alkyl carbamates (subject to hydrolysis) is 1. The van der Waals surface area contributed by atoms with E-state index in [1.165, 1.54) is 6.07 Å². The van der Waals surface area contributed by atoms with Crippen molar-refractivity contribution >= 4 is 22.0 Å². The van der Waals surface area contributed by atoms with Crippen LogP contribution in [0.1, 0.15) is 37.9 Å². The molecule has 0 saturated heterocycles. The van der Waals surface area contributed by atoms with E-state index in [1.807, 2.05) is 0 Å². The van der Waals surface area contributed by atoms with Crippen molar-refractivity contribution in [1.82, 2.24) is 5.32 Å². The van der Waals surface area contributed by atoms with Crippen molar-refractivity contribution in [3.05, 3.63) is 33.8 Å². The summed E-state index contributed by atoms with van der Waals surface area (Å²) in [5.74, 6) is 0. The van der Waals surface area contributed by atoms with Crippen LogP contribution in [0.2, 0.25) is 0 Å². The summed E-state index contributed by atoms with van der Waals surface area (Å²) in [6.45, 7) is 4.54. The zero-order chi connectivity index (χ0) is 17.1. The van der Waals surface area contributed by atoms with Crippen LogP contribution in [0, 0.1) is 0 Å². The summed E-state index contributed by atoms with van der Waals surface area (Å²) in [6.07, 6.45) is -5.23. The molecule has 0 fully saturated rings. The highest BCUT2D eigenvalue weighted by molar-refractivity contribution is 9.10. The van der Waals surface area contributed by atoms with Gasteiger partial charge in [-0.2, -0.15) is 13.2 Å². The molecule has 0 aromatic heterocycles. The van der Waals surface area contributed by atoms with E-state index >= 15 is 0 Å². The first kappa shape index (κ1) is 18.8. The molecule has 1 aromatic rings. The fourth-order valence-electron chi connectivity index (χ4n) is 1.66. The van der Waals surface area contributed by atoms with Crippen LogP contribution in [0.3, 0.4) is 0 Å². The van der Waals surface area contributed by atoms with Crippen molar-refractivity contribution in [2.75, 3.05) is 6.61 Å². The average Bonchev–Trinajstić information content (AvgIpc) is 2.33. The number of aliphatic hydroxyl groups excluding tert-OH is 1. The van der Waals surface area contributed by atoms with Gasteiger partial charge in [-0.1, -0.05) is 22.0 Å². The van der Waals surface area contributed by atoms with Crippen LogP contribution in [0.5, 0.6) is 0 Å². The highest BCUT2D eigenvalue weighted by Gasteiger charge is 2.31. The van der Waals surface area contributed by atoms with E-state index in [0.717, 1.165) is 12.1 Å². The molecule has 4 nitrogen and oxygen atoms in total. The Hall–Kier alpha value is -1.28. The largest absolute Gasteiger partial charge is 0.444 e. The summed E-state index contributed by atoms with van der Waals surface area (Å²) >= 11 is 3.03. The third-order valence-electron chi connectivity index (χ3n) is 2.58. The van der Waals surface area contributed by atoms with Crippen molar-refractivity contribution in [2.45, 2.75) is 38.6 Å². The SMILES string of the molecule is CC(C)(C)OC(=O)N[C@@H](CO)c1ccc(C(F)(F)F)cc1Br. The summed E-state index contributed by atoms with van der Waals surface area (Å²) in [7, 11) is 0. The molecule has 1 rings (SSSR count). The number of nitrogens with one attached hydrogen (secondary N) is 1. The first-order chi connectivity index (χ1) is 9.94. The maximum atomic E-state index is 12.6. The molecule has 124 valence electrons. The first-order valence-electron chi connectivity index (χ1n) is 6.41. The van der Waals surface area contributed by atoms with Crippen LogP contribution < -0.4 is 5.32 Å². The van der Waals surface area contributed by atoms with Crippen molar-refractivity contribution in [3.63, 3.8) is 0 Å². The Morgan fingerprint density at radius 1 is 1.36 bits per heavy atom. The lowest BCUT2D eigenvalue weighted by Crippen LogP contribution is -2.36. The van der Waals surface area contributed by atoms with Crippen LogP contribution in [-0.2, 0) is 10.9 Å². The Bertz CT molecular complexity index is 541. The quantitative estimate of drug-likeness (QED) is 0.828. The Labute approximate surface area is 134 Å². The van der Waals surface area contributed by atoms with E-state index in [2.05, 4.69) is 21.2 Å². The molecular formula is C14H17BrF3NO3. The maximum absolute atomic E-state index is 12.6. The summed E-state index contributed by atoms with van der Waals surface area (Å²) in [4.78, 5) is 11.7. The fraction of sp³-hybridized carbons (Fsp3) is 0.500. The number of halogens is 4. The van der Waals surface area contributed by atoms with Gasteiger partial charge < -0.3 is 15.2 Å². The second-order valence-corrected chi connectivity index (χ2v) is 6.47. The smallest absolute Gasteiger partial charge is 0.416 e. The first-order valence-corrected chi connectivity index (χ1v) is 7.20. The Kier molecular flexibility index (Phi) is 5.86. The molecule has 22 heavy (non-hydrogen) atoms. The van der Waals surface area contributed by atoms with Gasteiger partial charge in [-0.3, -0.25) is 0 Å². The molecule has 1 atom stereocenters. The lowest BCUT2D eigenvalue weighted by molar-refractivity contribution is -0.137. The van der Waals surface area contributed by atoms with Gasteiger partial charge in [-0.15, -0.1) is 0 Å². The minimum absolute atomic E-state index is 0.137. The molecular weight excluding hydrogens is 367 g/mol. The minimum Gasteiger partial charge on any atom is -0.444 e. The number of alkyl halides is 3. The van der Waals surface area contributed by atoms with Gasteiger partial charge in [0.1, 0.15) is 5.60 Å². The number of hydrogen-bond donors (Lipinski definition) is 2. The number of carbonyl (C=O) groups is 1. The van der Waals surface area contributed by atoms with Crippen LogP contribution in [0.4, 0.5) is 18.0 Å². The van der Waals surface area contributed by atoms with E-state index in [4.69, 9.17) is 4.74 Å². The van der Waals surface area contributed by atoms with Crippen LogP contribution in [0.25, 0.3) is 0 Å². The number of hydrogen-bond acceptors (Lipinski definition) is 3. The Balaban J connectivity index is 2.94. The van der Waals surface area contributed by atoms with Crippen LogP contribution >= 0.6 is 15.9 Å². The standard InChI is InChI=1S/C14H17BrF3NO3/c1-13(2,3)22-12(21)19-11(7-20)9-5-4-8(6-10(9)15)14(16,17)18/h4-6,11,20H,7H2,1-3H3,(H,19,21)/t11-/m0/s1. The lowest BCUT2D eigenvalue weighted by Gasteiger charge is -2.23. The predicted molar refractivity (Wildman–Crippen MR) is 78.3 cm³/mol. The van der Waals surface area contributed by atoms with Gasteiger partial charge in [0.15, 0.2) is 0 Å². The number of aliphatic hydroxyl groups is 1. The Morgan fingerprint density at radius 2 is 1.95 bits per heavy atom. The molecule has 0 radical (unpaired) electrons. The van der Waals surface area contributed by atoms with Gasteiger partial charge in [0.05, 0.1) is 18.2 Å². The monoisotopic (exact) mass is 383 g/mol. The second kappa shape index (κ2) is 6.87. The number of carbonyl (C=O) groups excluding carboxylic acids is 1. The van der Waals surface area contributed by atoms with Gasteiger partial charge in [0.2, 0.25) is 0 Å².